The molecule has 0 aromatic rings. The highest BCUT2D eigenvalue weighted by Crippen LogP contribution is 2.48. The highest BCUT2D eigenvalue weighted by atomic mass is 31.1. The van der Waals surface area contributed by atoms with Crippen LogP contribution >= 0.6 is 8.96 Å². The summed E-state index contributed by atoms with van der Waals surface area (Å²) >= 11 is 0. The first-order chi connectivity index (χ1) is 5.22. The number of rotatable bonds is 0. The van der Waals surface area contributed by atoms with Crippen LogP contribution in [-0.4, -0.2) is 23.4 Å². The van der Waals surface area contributed by atoms with Gasteiger partial charge in [-0.15, -0.1) is 0 Å². The maximum Gasteiger partial charge on any atom is 0.0899 e. The summed E-state index contributed by atoms with van der Waals surface area (Å²) in [7, 11) is 2.78. The Morgan fingerprint density at radius 1 is 1.55 bits per heavy atom. The van der Waals surface area contributed by atoms with Crippen molar-refractivity contribution in [1.29, 1.82) is 0 Å². The molecule has 64 valence electrons. The molecule has 1 aliphatic carbocycles. The van der Waals surface area contributed by atoms with Crippen molar-refractivity contribution < 1.29 is 4.52 Å². The van der Waals surface area contributed by atoms with Crippen molar-refractivity contribution in [2.24, 2.45) is 0 Å². The minimum atomic E-state index is 0.200. The monoisotopic (exact) mass is 173 g/mol. The van der Waals surface area contributed by atoms with E-state index < -0.39 is 0 Å². The highest BCUT2D eigenvalue weighted by molar-refractivity contribution is 7.29. The Morgan fingerprint density at radius 2 is 2.36 bits per heavy atom. The fourth-order valence-corrected chi connectivity index (χ4v) is 3.37. The molecule has 1 saturated heterocycles. The van der Waals surface area contributed by atoms with Gasteiger partial charge in [0.05, 0.1) is 14.6 Å². The van der Waals surface area contributed by atoms with Gasteiger partial charge in [-0.05, 0) is 26.8 Å². The van der Waals surface area contributed by atoms with E-state index in [-0.39, 0.29) is 5.60 Å². The first-order valence-corrected chi connectivity index (χ1v) is 5.24. The Kier molecular flexibility index (Phi) is 1.95. The summed E-state index contributed by atoms with van der Waals surface area (Å²) in [4.78, 5) is 0. The average Bonchev–Trinajstić information content (AvgIpc) is 2.29. The van der Waals surface area contributed by atoms with Crippen molar-refractivity contribution in [1.82, 2.24) is 4.67 Å². The third-order valence-electron chi connectivity index (χ3n) is 3.00. The van der Waals surface area contributed by atoms with Crippen LogP contribution in [0.4, 0.5) is 0 Å². The van der Waals surface area contributed by atoms with Gasteiger partial charge in [-0.1, -0.05) is 12.8 Å². The molecule has 0 amide bonds. The molecule has 3 heteroatoms. The zero-order valence-electron chi connectivity index (χ0n) is 7.26. The molecule has 3 atom stereocenters. The standard InChI is InChI=1S/C8H16NOP/c1-8-6-4-3-5-7(8)9(2)11-10-8/h7,11H,3-6H2,1-2H3/t7-,8-/m0/s1. The Balaban J connectivity index is 2.14. The van der Waals surface area contributed by atoms with Crippen molar-refractivity contribution in [3.05, 3.63) is 0 Å². The van der Waals surface area contributed by atoms with E-state index in [4.69, 9.17) is 4.52 Å². The summed E-state index contributed by atoms with van der Waals surface area (Å²) in [6.07, 6.45) is 5.33. The van der Waals surface area contributed by atoms with Crippen molar-refractivity contribution in [2.75, 3.05) is 7.05 Å². The zero-order chi connectivity index (χ0) is 7.90. The second-order valence-electron chi connectivity index (χ2n) is 3.88. The molecule has 2 rings (SSSR count). The van der Waals surface area contributed by atoms with Crippen LogP contribution in [0.1, 0.15) is 32.6 Å². The molecule has 0 bridgehead atoms. The van der Waals surface area contributed by atoms with Crippen molar-refractivity contribution >= 4 is 8.96 Å². The molecular formula is C8H16NOP. The summed E-state index contributed by atoms with van der Waals surface area (Å²) < 4.78 is 8.18. The molecule has 1 heterocycles. The molecule has 1 saturated carbocycles. The van der Waals surface area contributed by atoms with Crippen molar-refractivity contribution in [3.63, 3.8) is 0 Å². The number of likely N-dealkylation sites (N-methyl/N-ethyl adjacent to an activating group) is 1. The quantitative estimate of drug-likeness (QED) is 0.520. The van der Waals surface area contributed by atoms with Crippen LogP contribution in [0.3, 0.4) is 0 Å². The molecule has 2 aliphatic rings. The van der Waals surface area contributed by atoms with Gasteiger partial charge >= 0.3 is 0 Å². The van der Waals surface area contributed by atoms with Gasteiger partial charge in [0.1, 0.15) is 0 Å². The van der Waals surface area contributed by atoms with E-state index in [0.29, 0.717) is 15.0 Å². The van der Waals surface area contributed by atoms with E-state index in [9.17, 15) is 0 Å². The minimum absolute atomic E-state index is 0.200. The largest absolute Gasteiger partial charge is 0.339 e. The van der Waals surface area contributed by atoms with Gasteiger partial charge in [-0.2, -0.15) is 0 Å². The Bertz CT molecular complexity index is 160. The van der Waals surface area contributed by atoms with Gasteiger partial charge in [0.15, 0.2) is 0 Å². The van der Waals surface area contributed by atoms with Crippen LogP contribution in [0.2, 0.25) is 0 Å². The maximum absolute atomic E-state index is 5.81. The Labute approximate surface area is 70.2 Å². The lowest BCUT2D eigenvalue weighted by Crippen LogP contribution is -2.43. The predicted octanol–water partition coefficient (Wildman–Crippen LogP) is 2.16. The first kappa shape index (κ1) is 7.97. The van der Waals surface area contributed by atoms with Crippen LogP contribution in [-0.2, 0) is 4.52 Å². The SMILES string of the molecule is CN1PO[C@@]2(C)CCCC[C@H]12. The normalized spacial score (nSPS) is 48.0. The average molecular weight is 173 g/mol. The summed E-state index contributed by atoms with van der Waals surface area (Å²) in [5.41, 5.74) is 0.200. The van der Waals surface area contributed by atoms with Gasteiger partial charge in [0.25, 0.3) is 0 Å². The van der Waals surface area contributed by atoms with Crippen molar-refractivity contribution in [2.45, 2.75) is 44.2 Å². The van der Waals surface area contributed by atoms with E-state index in [1.807, 2.05) is 0 Å². The Morgan fingerprint density at radius 3 is 3.09 bits per heavy atom. The van der Waals surface area contributed by atoms with E-state index >= 15 is 0 Å². The molecule has 2 fully saturated rings. The van der Waals surface area contributed by atoms with E-state index in [2.05, 4.69) is 18.6 Å². The lowest BCUT2D eigenvalue weighted by Gasteiger charge is -2.35. The highest BCUT2D eigenvalue weighted by Gasteiger charge is 2.45. The molecule has 0 radical (unpaired) electrons. The molecule has 0 N–H and O–H groups in total. The molecule has 1 unspecified atom stereocenters. The summed E-state index contributed by atoms with van der Waals surface area (Å²) in [5.74, 6) is 0. The first-order valence-electron chi connectivity index (χ1n) is 4.39. The van der Waals surface area contributed by atoms with Gasteiger partial charge in [0, 0.05) is 6.04 Å². The Hall–Kier alpha value is 0.350. The van der Waals surface area contributed by atoms with Gasteiger partial charge in [-0.3, -0.25) is 4.67 Å². The lowest BCUT2D eigenvalue weighted by molar-refractivity contribution is 0.0491. The number of nitrogens with zero attached hydrogens (tertiary/aromatic N) is 1. The van der Waals surface area contributed by atoms with Crippen molar-refractivity contribution in [3.8, 4) is 0 Å². The predicted molar refractivity (Wildman–Crippen MR) is 47.8 cm³/mol. The summed E-state index contributed by atoms with van der Waals surface area (Å²) in [6, 6.07) is 0.703. The molecule has 0 aromatic carbocycles. The lowest BCUT2D eigenvalue weighted by atomic mass is 9.82. The van der Waals surface area contributed by atoms with E-state index in [1.165, 1.54) is 25.7 Å². The van der Waals surface area contributed by atoms with Crippen LogP contribution in [0.15, 0.2) is 0 Å². The van der Waals surface area contributed by atoms with Crippen LogP contribution in [0.5, 0.6) is 0 Å². The van der Waals surface area contributed by atoms with Crippen LogP contribution in [0.25, 0.3) is 0 Å². The van der Waals surface area contributed by atoms with Gasteiger partial charge in [0.2, 0.25) is 0 Å². The topological polar surface area (TPSA) is 12.5 Å². The molecule has 11 heavy (non-hydrogen) atoms. The third-order valence-corrected chi connectivity index (χ3v) is 4.15. The molecule has 1 aliphatic heterocycles. The second kappa shape index (κ2) is 2.69. The van der Waals surface area contributed by atoms with Gasteiger partial charge < -0.3 is 4.52 Å². The molecule has 0 spiro atoms. The number of hydrogen-bond acceptors (Lipinski definition) is 2. The molecule has 0 aromatic heterocycles. The fraction of sp³-hybridized carbons (Fsp3) is 1.00. The molecular weight excluding hydrogens is 157 g/mol. The minimum Gasteiger partial charge on any atom is -0.339 e. The van der Waals surface area contributed by atoms with E-state index in [0.717, 1.165) is 0 Å². The van der Waals surface area contributed by atoms with E-state index in [1.54, 1.807) is 0 Å². The van der Waals surface area contributed by atoms with Crippen LogP contribution < -0.4 is 0 Å². The third kappa shape index (κ3) is 1.22. The zero-order valence-corrected chi connectivity index (χ0v) is 8.26. The summed E-state index contributed by atoms with van der Waals surface area (Å²) in [5, 5.41) is 0. The fourth-order valence-electron chi connectivity index (χ4n) is 2.25. The number of hydrogen-bond donors (Lipinski definition) is 0. The smallest absolute Gasteiger partial charge is 0.0899 e. The molecule has 2 nitrogen and oxygen atoms in total. The number of fused-ring (bicyclic) bond motifs is 1. The van der Waals surface area contributed by atoms with Gasteiger partial charge in [-0.25, -0.2) is 0 Å². The maximum atomic E-state index is 5.81. The summed E-state index contributed by atoms with van der Waals surface area (Å²) in [6.45, 7) is 2.27. The van der Waals surface area contributed by atoms with Crippen LogP contribution in [0, 0.1) is 0 Å². The second-order valence-corrected chi connectivity index (χ2v) is 4.97.